The molecule has 8 heteroatoms. The summed E-state index contributed by atoms with van der Waals surface area (Å²) >= 11 is 0. The van der Waals surface area contributed by atoms with E-state index in [1.807, 2.05) is 0 Å². The molecule has 5 nitrogen and oxygen atoms in total. The number of nitrogens with zero attached hydrogens (tertiary/aromatic N) is 2. The lowest BCUT2D eigenvalue weighted by molar-refractivity contribution is 0.148. The van der Waals surface area contributed by atoms with Crippen molar-refractivity contribution in [1.29, 1.82) is 0 Å². The smallest absolute Gasteiger partial charge is 0.265 e. The number of alkyl halides is 2. The van der Waals surface area contributed by atoms with Crippen LogP contribution in [-0.2, 0) is 9.84 Å². The lowest BCUT2D eigenvalue weighted by atomic mass is 10.0. The van der Waals surface area contributed by atoms with Crippen LogP contribution < -0.4 is 0 Å². The van der Waals surface area contributed by atoms with Crippen LogP contribution in [0.4, 0.5) is 8.78 Å². The van der Waals surface area contributed by atoms with Gasteiger partial charge in [-0.05, 0) is 31.0 Å². The normalized spacial score (nSPS) is 15.2. The van der Waals surface area contributed by atoms with Crippen LogP contribution in [0.2, 0.25) is 0 Å². The number of hydrogen-bond donors (Lipinski definition) is 1. The average Bonchev–Trinajstić information content (AvgIpc) is 3.32. The maximum Gasteiger partial charge on any atom is 0.265 e. The van der Waals surface area contributed by atoms with E-state index < -0.39 is 21.8 Å². The summed E-state index contributed by atoms with van der Waals surface area (Å²) in [6, 6.07) is 5.75. The molecule has 0 spiro atoms. The molecule has 130 valence electrons. The number of nitrogens with one attached hydrogen (secondary N) is 1. The van der Waals surface area contributed by atoms with E-state index >= 15 is 0 Å². The number of H-pyrrole nitrogens is 1. The molecule has 2 heterocycles. The first-order valence-corrected chi connectivity index (χ1v) is 9.71. The molecule has 0 atom stereocenters. The van der Waals surface area contributed by atoms with Gasteiger partial charge in [-0.15, -0.1) is 0 Å². The lowest BCUT2D eigenvalue weighted by Gasteiger charge is -2.11. The van der Waals surface area contributed by atoms with E-state index in [9.17, 15) is 17.2 Å². The number of aromatic amines is 1. The summed E-state index contributed by atoms with van der Waals surface area (Å²) in [4.78, 5) is 4.00. The molecule has 1 fully saturated rings. The number of hydrogen-bond acceptors (Lipinski definition) is 4. The number of aromatic nitrogens is 3. The molecule has 1 aliphatic rings. The van der Waals surface area contributed by atoms with E-state index in [1.54, 1.807) is 12.3 Å². The van der Waals surface area contributed by atoms with E-state index in [1.165, 1.54) is 18.2 Å². The highest BCUT2D eigenvalue weighted by Gasteiger charge is 2.30. The van der Waals surface area contributed by atoms with Gasteiger partial charge in [-0.2, -0.15) is 5.10 Å². The predicted octanol–water partition coefficient (Wildman–Crippen LogP) is 3.84. The fourth-order valence-corrected chi connectivity index (χ4v) is 3.96. The third kappa shape index (κ3) is 2.80. The Balaban J connectivity index is 1.95. The van der Waals surface area contributed by atoms with Gasteiger partial charge in [-0.1, -0.05) is 6.07 Å². The minimum atomic E-state index is -3.74. The van der Waals surface area contributed by atoms with Crippen LogP contribution in [0, 0.1) is 0 Å². The lowest BCUT2D eigenvalue weighted by Crippen LogP contribution is -2.03. The van der Waals surface area contributed by atoms with Gasteiger partial charge in [0.25, 0.3) is 6.43 Å². The Hall–Kier alpha value is -2.35. The highest BCUT2D eigenvalue weighted by Crippen LogP contribution is 2.44. The number of pyridine rings is 1. The summed E-state index contributed by atoms with van der Waals surface area (Å²) in [6.45, 7) is 0. The van der Waals surface area contributed by atoms with Gasteiger partial charge < -0.3 is 0 Å². The summed E-state index contributed by atoms with van der Waals surface area (Å²) in [5.41, 5.74) is 2.17. The van der Waals surface area contributed by atoms with Crippen molar-refractivity contribution in [2.75, 3.05) is 6.26 Å². The van der Waals surface area contributed by atoms with Gasteiger partial charge in [0.2, 0.25) is 0 Å². The van der Waals surface area contributed by atoms with Crippen molar-refractivity contribution in [2.45, 2.75) is 30.1 Å². The maximum absolute atomic E-state index is 13.4. The Morgan fingerprint density at radius 1 is 1.24 bits per heavy atom. The van der Waals surface area contributed by atoms with E-state index in [-0.39, 0.29) is 4.90 Å². The first-order valence-electron chi connectivity index (χ1n) is 7.82. The Morgan fingerprint density at radius 3 is 2.64 bits per heavy atom. The summed E-state index contributed by atoms with van der Waals surface area (Å²) in [6.07, 6.45) is 1.71. The molecule has 1 aromatic carbocycles. The zero-order valence-corrected chi connectivity index (χ0v) is 14.1. The van der Waals surface area contributed by atoms with Gasteiger partial charge in [0.05, 0.1) is 21.8 Å². The molecule has 2 aromatic heterocycles. The highest BCUT2D eigenvalue weighted by molar-refractivity contribution is 7.90. The fourth-order valence-electron chi connectivity index (χ4n) is 3.07. The third-order valence-corrected chi connectivity index (χ3v) is 5.56. The standard InChI is InChI=1S/C17H15F2N3O2S/c1-25(23,24)13-5-4-10(8-11(13)17(18)19)15-14-12(6-7-20-15)21-22-16(14)9-2-3-9/h4-9,17H,2-3H2,1H3,(H,21,22). The Morgan fingerprint density at radius 2 is 2.00 bits per heavy atom. The van der Waals surface area contributed by atoms with Crippen LogP contribution in [0.3, 0.4) is 0 Å². The van der Waals surface area contributed by atoms with Crippen molar-refractivity contribution < 1.29 is 17.2 Å². The Bertz CT molecular complexity index is 1070. The van der Waals surface area contributed by atoms with Gasteiger partial charge >= 0.3 is 0 Å². The molecule has 1 aliphatic carbocycles. The summed E-state index contributed by atoms with van der Waals surface area (Å²) in [5, 5.41) is 8.12. The Kier molecular flexibility index (Phi) is 3.61. The van der Waals surface area contributed by atoms with Crippen LogP contribution in [0.5, 0.6) is 0 Å². The second-order valence-corrected chi connectivity index (χ2v) is 8.27. The highest BCUT2D eigenvalue weighted by atomic mass is 32.2. The molecule has 25 heavy (non-hydrogen) atoms. The quantitative estimate of drug-likeness (QED) is 0.764. The van der Waals surface area contributed by atoms with Crippen LogP contribution in [-0.4, -0.2) is 29.9 Å². The first-order chi connectivity index (χ1) is 11.9. The molecular formula is C17H15F2N3O2S. The van der Waals surface area contributed by atoms with E-state index in [0.29, 0.717) is 17.2 Å². The van der Waals surface area contributed by atoms with Crippen LogP contribution in [0.25, 0.3) is 22.2 Å². The second-order valence-electron chi connectivity index (χ2n) is 6.29. The topological polar surface area (TPSA) is 75.7 Å². The Labute approximate surface area is 143 Å². The summed E-state index contributed by atoms with van der Waals surface area (Å²) < 4.78 is 50.4. The monoisotopic (exact) mass is 363 g/mol. The van der Waals surface area contributed by atoms with Gasteiger partial charge in [-0.3, -0.25) is 10.1 Å². The molecule has 0 unspecified atom stereocenters. The van der Waals surface area contributed by atoms with Crippen molar-refractivity contribution in [2.24, 2.45) is 0 Å². The van der Waals surface area contributed by atoms with Crippen molar-refractivity contribution >= 4 is 20.7 Å². The predicted molar refractivity (Wildman–Crippen MR) is 89.4 cm³/mol. The van der Waals surface area contributed by atoms with Crippen molar-refractivity contribution in [3.8, 4) is 11.3 Å². The molecule has 4 rings (SSSR count). The van der Waals surface area contributed by atoms with Crippen LogP contribution >= 0.6 is 0 Å². The molecule has 1 saturated carbocycles. The van der Waals surface area contributed by atoms with E-state index in [2.05, 4.69) is 15.2 Å². The van der Waals surface area contributed by atoms with Gasteiger partial charge in [0.15, 0.2) is 9.84 Å². The molecular weight excluding hydrogens is 348 g/mol. The van der Waals surface area contributed by atoms with Crippen molar-refractivity contribution in [3.05, 3.63) is 41.7 Å². The molecule has 0 radical (unpaired) electrons. The minimum Gasteiger partial charge on any atom is -0.277 e. The summed E-state index contributed by atoms with van der Waals surface area (Å²) in [7, 11) is -3.74. The van der Waals surface area contributed by atoms with Gasteiger partial charge in [0, 0.05) is 34.9 Å². The zero-order valence-electron chi connectivity index (χ0n) is 13.3. The maximum atomic E-state index is 13.4. The number of sulfone groups is 1. The third-order valence-electron chi connectivity index (χ3n) is 4.39. The van der Waals surface area contributed by atoms with Crippen molar-refractivity contribution in [3.63, 3.8) is 0 Å². The largest absolute Gasteiger partial charge is 0.277 e. The molecule has 0 saturated heterocycles. The minimum absolute atomic E-state index is 0.354. The number of halogens is 2. The van der Waals surface area contributed by atoms with Gasteiger partial charge in [-0.25, -0.2) is 17.2 Å². The summed E-state index contributed by atoms with van der Waals surface area (Å²) in [5.74, 6) is 0.363. The number of fused-ring (bicyclic) bond motifs is 1. The first kappa shape index (κ1) is 16.1. The number of benzene rings is 1. The molecule has 1 N–H and O–H groups in total. The number of rotatable bonds is 4. The second kappa shape index (κ2) is 5.59. The molecule has 0 bridgehead atoms. The molecule has 3 aromatic rings. The fraction of sp³-hybridized carbons (Fsp3) is 0.294. The molecule has 0 aliphatic heterocycles. The SMILES string of the molecule is CS(=O)(=O)c1ccc(-c2nccc3[nH]nc(C4CC4)c23)cc1C(F)F. The van der Waals surface area contributed by atoms with Gasteiger partial charge in [0.1, 0.15) is 0 Å². The zero-order chi connectivity index (χ0) is 17.8. The van der Waals surface area contributed by atoms with E-state index in [4.69, 9.17) is 0 Å². The van der Waals surface area contributed by atoms with Crippen LogP contribution in [0.1, 0.15) is 36.4 Å². The molecule has 0 amide bonds. The van der Waals surface area contributed by atoms with Crippen molar-refractivity contribution in [1.82, 2.24) is 15.2 Å². The van der Waals surface area contributed by atoms with E-state index in [0.717, 1.165) is 35.7 Å². The van der Waals surface area contributed by atoms with Crippen LogP contribution in [0.15, 0.2) is 35.4 Å². The average molecular weight is 363 g/mol.